The molecule has 0 bridgehead atoms. The minimum Gasteiger partial charge on any atom is -0.331 e. The van der Waals surface area contributed by atoms with Gasteiger partial charge in [0.2, 0.25) is 0 Å². The Morgan fingerprint density at radius 3 is 2.67 bits per heavy atom. The molecule has 0 radical (unpaired) electrons. The van der Waals surface area contributed by atoms with E-state index < -0.39 is 0 Å². The quantitative estimate of drug-likeness (QED) is 0.864. The fourth-order valence-corrected chi connectivity index (χ4v) is 2.55. The Morgan fingerprint density at radius 2 is 2.05 bits per heavy atom. The summed E-state index contributed by atoms with van der Waals surface area (Å²) >= 11 is 1.56. The van der Waals surface area contributed by atoms with E-state index in [9.17, 15) is 9.59 Å². The van der Waals surface area contributed by atoms with E-state index in [4.69, 9.17) is 0 Å². The number of carbonyl (C=O) groups excluding carboxylic acids is 2. The van der Waals surface area contributed by atoms with Gasteiger partial charge in [0.15, 0.2) is 0 Å². The van der Waals surface area contributed by atoms with Gasteiger partial charge in [-0.05, 0) is 30.7 Å². The van der Waals surface area contributed by atoms with Crippen molar-refractivity contribution in [1.82, 2.24) is 9.88 Å². The van der Waals surface area contributed by atoms with Crippen molar-refractivity contribution in [1.29, 1.82) is 0 Å². The first kappa shape index (κ1) is 15.2. The van der Waals surface area contributed by atoms with Crippen LogP contribution < -0.4 is 5.32 Å². The van der Waals surface area contributed by atoms with Gasteiger partial charge in [-0.25, -0.2) is 9.78 Å². The molecule has 0 aliphatic carbocycles. The van der Waals surface area contributed by atoms with Crippen molar-refractivity contribution in [3.63, 3.8) is 0 Å². The average molecular weight is 303 g/mol. The Morgan fingerprint density at radius 1 is 1.33 bits per heavy atom. The van der Waals surface area contributed by atoms with Gasteiger partial charge >= 0.3 is 6.03 Å². The average Bonchev–Trinajstić information content (AvgIpc) is 2.94. The Labute approximate surface area is 127 Å². The molecule has 2 amide bonds. The molecular weight excluding hydrogens is 286 g/mol. The van der Waals surface area contributed by atoms with E-state index in [1.807, 2.05) is 29.6 Å². The number of hydrogen-bond donors (Lipinski definition) is 1. The van der Waals surface area contributed by atoms with Crippen LogP contribution in [0.4, 0.5) is 10.5 Å². The van der Waals surface area contributed by atoms with Gasteiger partial charge in [-0.1, -0.05) is 0 Å². The lowest BCUT2D eigenvalue weighted by atomic mass is 10.2. The number of nitrogens with one attached hydrogen (secondary N) is 1. The van der Waals surface area contributed by atoms with Crippen LogP contribution in [0.3, 0.4) is 0 Å². The molecule has 6 heteroatoms. The topological polar surface area (TPSA) is 62.3 Å². The third-order valence-corrected chi connectivity index (χ3v) is 3.80. The van der Waals surface area contributed by atoms with Crippen LogP contribution in [0.5, 0.6) is 0 Å². The first-order valence-corrected chi connectivity index (χ1v) is 7.45. The molecule has 21 heavy (non-hydrogen) atoms. The molecule has 0 fully saturated rings. The number of benzene rings is 1. The van der Waals surface area contributed by atoms with E-state index in [1.165, 1.54) is 4.90 Å². The van der Waals surface area contributed by atoms with E-state index >= 15 is 0 Å². The maximum atomic E-state index is 11.5. The van der Waals surface area contributed by atoms with E-state index in [1.54, 1.807) is 25.4 Å². The molecular formula is C15H17N3O2S. The van der Waals surface area contributed by atoms with Crippen LogP contribution in [0.1, 0.15) is 12.1 Å². The number of urea groups is 1. The number of aromatic nitrogens is 1. The summed E-state index contributed by atoms with van der Waals surface area (Å²) in [5.74, 6) is 0. The highest BCUT2D eigenvalue weighted by molar-refractivity contribution is 7.13. The molecule has 1 heterocycles. The number of aryl methyl sites for hydroxylation is 1. The summed E-state index contributed by atoms with van der Waals surface area (Å²) in [6.45, 7) is 0. The normalized spacial score (nSPS) is 10.2. The summed E-state index contributed by atoms with van der Waals surface area (Å²) in [6.07, 6.45) is 2.08. The second kappa shape index (κ2) is 6.99. The van der Waals surface area contributed by atoms with Crippen molar-refractivity contribution < 1.29 is 9.59 Å². The number of rotatable bonds is 5. The van der Waals surface area contributed by atoms with Crippen LogP contribution in [0.2, 0.25) is 0 Å². The first-order valence-electron chi connectivity index (χ1n) is 6.57. The lowest BCUT2D eigenvalue weighted by molar-refractivity contribution is -0.107. The largest absolute Gasteiger partial charge is 0.331 e. The van der Waals surface area contributed by atoms with E-state index in [0.717, 1.165) is 28.2 Å². The lowest BCUT2D eigenvalue weighted by Gasteiger charge is -2.11. The van der Waals surface area contributed by atoms with Crippen LogP contribution in [0, 0.1) is 0 Å². The van der Waals surface area contributed by atoms with Crippen molar-refractivity contribution in [2.24, 2.45) is 0 Å². The second-order valence-electron chi connectivity index (χ2n) is 4.75. The van der Waals surface area contributed by atoms with Crippen LogP contribution in [0.25, 0.3) is 10.6 Å². The minimum atomic E-state index is -0.159. The molecule has 5 nitrogen and oxygen atoms in total. The highest BCUT2D eigenvalue weighted by Crippen LogP contribution is 2.25. The Bertz CT molecular complexity index is 620. The van der Waals surface area contributed by atoms with Gasteiger partial charge in [-0.2, -0.15) is 0 Å². The zero-order valence-electron chi connectivity index (χ0n) is 12.0. The third kappa shape index (κ3) is 4.13. The van der Waals surface area contributed by atoms with E-state index in [2.05, 4.69) is 10.3 Å². The highest BCUT2D eigenvalue weighted by atomic mass is 32.1. The Kier molecular flexibility index (Phi) is 5.05. The number of nitrogens with zero attached hydrogens (tertiary/aromatic N) is 2. The summed E-state index contributed by atoms with van der Waals surface area (Å²) in [7, 11) is 3.39. The molecule has 0 aliphatic heterocycles. The number of hydrogen-bond acceptors (Lipinski definition) is 4. The molecule has 1 aromatic carbocycles. The summed E-state index contributed by atoms with van der Waals surface area (Å²) in [5.41, 5.74) is 2.68. The predicted octanol–water partition coefficient (Wildman–Crippen LogP) is 3.04. The molecule has 0 unspecified atom stereocenters. The van der Waals surface area contributed by atoms with Gasteiger partial charge in [-0.15, -0.1) is 11.3 Å². The van der Waals surface area contributed by atoms with Crippen molar-refractivity contribution in [2.75, 3.05) is 19.4 Å². The molecule has 2 rings (SSSR count). The van der Waals surface area contributed by atoms with Crippen LogP contribution in [0.15, 0.2) is 29.6 Å². The molecule has 0 saturated heterocycles. The van der Waals surface area contributed by atoms with Crippen molar-refractivity contribution in [3.8, 4) is 10.6 Å². The van der Waals surface area contributed by atoms with Crippen LogP contribution >= 0.6 is 11.3 Å². The van der Waals surface area contributed by atoms with Gasteiger partial charge in [0.05, 0.1) is 5.69 Å². The van der Waals surface area contributed by atoms with Crippen LogP contribution in [-0.4, -0.2) is 36.3 Å². The minimum absolute atomic E-state index is 0.159. The monoisotopic (exact) mass is 303 g/mol. The molecule has 0 saturated carbocycles. The van der Waals surface area contributed by atoms with Crippen LogP contribution in [-0.2, 0) is 11.2 Å². The number of thiazole rings is 1. The van der Waals surface area contributed by atoms with Gasteiger partial charge in [-0.3, -0.25) is 0 Å². The summed E-state index contributed by atoms with van der Waals surface area (Å²) in [6, 6.07) is 7.39. The third-order valence-electron chi connectivity index (χ3n) is 2.86. The molecule has 0 atom stereocenters. The van der Waals surface area contributed by atoms with Gasteiger partial charge < -0.3 is 15.0 Å². The molecule has 1 aromatic heterocycles. The SMILES string of the molecule is CN(C)C(=O)Nc1ccc(-c2nc(CCC=O)cs2)cc1. The number of anilines is 1. The van der Waals surface area contributed by atoms with E-state index in [-0.39, 0.29) is 6.03 Å². The fourth-order valence-electron chi connectivity index (χ4n) is 1.69. The van der Waals surface area contributed by atoms with E-state index in [0.29, 0.717) is 12.8 Å². The zero-order chi connectivity index (χ0) is 15.2. The number of amides is 2. The second-order valence-corrected chi connectivity index (χ2v) is 5.61. The smallest absolute Gasteiger partial charge is 0.321 e. The van der Waals surface area contributed by atoms with Gasteiger partial charge in [0.25, 0.3) is 0 Å². The lowest BCUT2D eigenvalue weighted by Crippen LogP contribution is -2.27. The molecule has 0 spiro atoms. The van der Waals surface area contributed by atoms with Crippen molar-refractivity contribution >= 4 is 29.3 Å². The number of aldehydes is 1. The first-order chi connectivity index (χ1) is 10.1. The Balaban J connectivity index is 2.06. The molecule has 110 valence electrons. The van der Waals surface area contributed by atoms with Gasteiger partial charge in [0.1, 0.15) is 11.3 Å². The van der Waals surface area contributed by atoms with Gasteiger partial charge in [0, 0.05) is 37.1 Å². The standard InChI is InChI=1S/C15H17N3O2S/c1-18(2)15(20)17-12-7-5-11(6-8-12)14-16-13(10-21-14)4-3-9-19/h5-10H,3-4H2,1-2H3,(H,17,20). The zero-order valence-corrected chi connectivity index (χ0v) is 12.8. The predicted molar refractivity (Wildman–Crippen MR) is 84.6 cm³/mol. The fraction of sp³-hybridized carbons (Fsp3) is 0.267. The molecule has 1 N–H and O–H groups in total. The Hall–Kier alpha value is -2.21. The maximum absolute atomic E-state index is 11.5. The highest BCUT2D eigenvalue weighted by Gasteiger charge is 2.07. The maximum Gasteiger partial charge on any atom is 0.321 e. The summed E-state index contributed by atoms with van der Waals surface area (Å²) in [4.78, 5) is 27.9. The molecule has 0 aliphatic rings. The summed E-state index contributed by atoms with van der Waals surface area (Å²) < 4.78 is 0. The summed E-state index contributed by atoms with van der Waals surface area (Å²) in [5, 5.41) is 5.68. The number of carbonyl (C=O) groups is 2. The van der Waals surface area contributed by atoms with Crippen molar-refractivity contribution in [3.05, 3.63) is 35.3 Å². The van der Waals surface area contributed by atoms with Crippen molar-refractivity contribution in [2.45, 2.75) is 12.8 Å². The molecule has 2 aromatic rings.